The van der Waals surface area contributed by atoms with E-state index in [0.29, 0.717) is 0 Å². The van der Waals surface area contributed by atoms with Gasteiger partial charge in [-0.1, -0.05) is 0 Å². The molecule has 2 nitrogen and oxygen atoms in total. The molecule has 0 amide bonds. The number of methoxy groups -OCH3 is 1. The maximum Gasteiger partial charge on any atom is 0.167 e. The molecule has 0 radical (unpaired) electrons. The fourth-order valence-electron chi connectivity index (χ4n) is 1.54. The van der Waals surface area contributed by atoms with Gasteiger partial charge in [0.1, 0.15) is 0 Å². The number of halogens is 1. The number of benzene rings is 1. The Kier molecular flexibility index (Phi) is 3.64. The molecule has 0 aliphatic carbocycles. The molecule has 90 valence electrons. The van der Waals surface area contributed by atoms with Crippen molar-refractivity contribution in [2.45, 2.75) is 13.5 Å². The van der Waals surface area contributed by atoms with E-state index >= 15 is 0 Å². The molecule has 17 heavy (non-hydrogen) atoms. The van der Waals surface area contributed by atoms with E-state index in [9.17, 15) is 4.39 Å². The second-order valence-electron chi connectivity index (χ2n) is 3.73. The van der Waals surface area contributed by atoms with Crippen molar-refractivity contribution in [3.8, 4) is 5.75 Å². The van der Waals surface area contributed by atoms with Gasteiger partial charge in [-0.15, -0.1) is 11.3 Å². The SMILES string of the molecule is COc1ccc(NCc2sccc2C)cc1F. The van der Waals surface area contributed by atoms with Gasteiger partial charge in [-0.05, 0) is 36.1 Å². The zero-order valence-electron chi connectivity index (χ0n) is 9.79. The molecule has 0 bridgehead atoms. The van der Waals surface area contributed by atoms with Crippen molar-refractivity contribution in [2.75, 3.05) is 12.4 Å². The Morgan fingerprint density at radius 3 is 2.76 bits per heavy atom. The highest BCUT2D eigenvalue weighted by Gasteiger charge is 2.04. The van der Waals surface area contributed by atoms with Crippen molar-refractivity contribution in [2.24, 2.45) is 0 Å². The van der Waals surface area contributed by atoms with Crippen molar-refractivity contribution < 1.29 is 9.13 Å². The molecule has 0 aliphatic rings. The third kappa shape index (κ3) is 2.77. The van der Waals surface area contributed by atoms with Gasteiger partial charge >= 0.3 is 0 Å². The van der Waals surface area contributed by atoms with Crippen LogP contribution < -0.4 is 10.1 Å². The molecule has 0 saturated heterocycles. The summed E-state index contributed by atoms with van der Waals surface area (Å²) in [4.78, 5) is 1.27. The first-order valence-corrected chi connectivity index (χ1v) is 6.19. The standard InChI is InChI=1S/C13H14FNOS/c1-9-5-6-17-13(9)8-15-10-3-4-12(16-2)11(14)7-10/h3-7,15H,8H2,1-2H3. The smallest absolute Gasteiger partial charge is 0.167 e. The van der Waals surface area contributed by atoms with Gasteiger partial charge in [0.25, 0.3) is 0 Å². The maximum atomic E-state index is 13.4. The van der Waals surface area contributed by atoms with E-state index in [1.165, 1.54) is 23.6 Å². The second-order valence-corrected chi connectivity index (χ2v) is 4.73. The molecule has 0 unspecified atom stereocenters. The minimum Gasteiger partial charge on any atom is -0.494 e. The Morgan fingerprint density at radius 1 is 1.35 bits per heavy atom. The molecule has 1 aromatic heterocycles. The monoisotopic (exact) mass is 251 g/mol. The highest BCUT2D eigenvalue weighted by molar-refractivity contribution is 7.10. The van der Waals surface area contributed by atoms with Crippen LogP contribution in [0.3, 0.4) is 0 Å². The summed E-state index contributed by atoms with van der Waals surface area (Å²) in [6, 6.07) is 6.96. The predicted molar refractivity (Wildman–Crippen MR) is 69.3 cm³/mol. The van der Waals surface area contributed by atoms with Crippen LogP contribution in [-0.2, 0) is 6.54 Å². The number of hydrogen-bond acceptors (Lipinski definition) is 3. The first-order valence-electron chi connectivity index (χ1n) is 5.31. The second kappa shape index (κ2) is 5.19. The third-order valence-corrected chi connectivity index (χ3v) is 3.60. The van der Waals surface area contributed by atoms with Crippen molar-refractivity contribution in [1.29, 1.82) is 0 Å². The van der Waals surface area contributed by atoms with Crippen LogP contribution in [0.4, 0.5) is 10.1 Å². The van der Waals surface area contributed by atoms with Crippen LogP contribution in [-0.4, -0.2) is 7.11 Å². The number of nitrogens with one attached hydrogen (secondary N) is 1. The highest BCUT2D eigenvalue weighted by Crippen LogP contribution is 2.22. The minimum absolute atomic E-state index is 0.267. The van der Waals surface area contributed by atoms with Gasteiger partial charge in [0.15, 0.2) is 11.6 Å². The van der Waals surface area contributed by atoms with E-state index in [-0.39, 0.29) is 11.6 Å². The lowest BCUT2D eigenvalue weighted by Gasteiger charge is -2.08. The van der Waals surface area contributed by atoms with E-state index in [2.05, 4.69) is 23.7 Å². The molecule has 1 aromatic carbocycles. The zero-order valence-corrected chi connectivity index (χ0v) is 10.6. The number of anilines is 1. The van der Waals surface area contributed by atoms with Crippen molar-refractivity contribution in [3.63, 3.8) is 0 Å². The number of thiophene rings is 1. The molecule has 0 spiro atoms. The van der Waals surface area contributed by atoms with E-state index in [0.717, 1.165) is 12.2 Å². The molecule has 0 fully saturated rings. The largest absolute Gasteiger partial charge is 0.494 e. The number of rotatable bonds is 4. The number of aryl methyl sites for hydroxylation is 1. The van der Waals surface area contributed by atoms with Crippen LogP contribution in [0.2, 0.25) is 0 Å². The average molecular weight is 251 g/mol. The summed E-state index contributed by atoms with van der Waals surface area (Å²) in [6.07, 6.45) is 0. The van der Waals surface area contributed by atoms with E-state index in [1.807, 2.05) is 6.07 Å². The van der Waals surface area contributed by atoms with Crippen LogP contribution in [0.5, 0.6) is 5.75 Å². The van der Waals surface area contributed by atoms with E-state index in [4.69, 9.17) is 4.74 Å². The van der Waals surface area contributed by atoms with Crippen LogP contribution in [0.15, 0.2) is 29.6 Å². The summed E-state index contributed by atoms with van der Waals surface area (Å²) in [5, 5.41) is 5.25. The van der Waals surface area contributed by atoms with Gasteiger partial charge < -0.3 is 10.1 Å². The van der Waals surface area contributed by atoms with Gasteiger partial charge in [0.2, 0.25) is 0 Å². The Balaban J connectivity index is 2.05. The first-order chi connectivity index (χ1) is 8.20. The molecule has 2 rings (SSSR count). The van der Waals surface area contributed by atoms with Crippen molar-refractivity contribution in [1.82, 2.24) is 0 Å². The average Bonchev–Trinajstić information content (AvgIpc) is 2.72. The Hall–Kier alpha value is -1.55. The van der Waals surface area contributed by atoms with Gasteiger partial charge in [0, 0.05) is 23.2 Å². The summed E-state index contributed by atoms with van der Waals surface area (Å²) >= 11 is 1.70. The topological polar surface area (TPSA) is 21.3 Å². The Bertz CT molecular complexity index is 510. The van der Waals surface area contributed by atoms with E-state index in [1.54, 1.807) is 17.4 Å². The molecule has 0 atom stereocenters. The summed E-state index contributed by atoms with van der Waals surface area (Å²) < 4.78 is 18.3. The maximum absolute atomic E-state index is 13.4. The zero-order chi connectivity index (χ0) is 12.3. The minimum atomic E-state index is -0.347. The van der Waals surface area contributed by atoms with Crippen LogP contribution >= 0.6 is 11.3 Å². The molecular weight excluding hydrogens is 237 g/mol. The summed E-state index contributed by atoms with van der Waals surface area (Å²) in [5.74, 6) is -0.0803. The Morgan fingerprint density at radius 2 is 2.18 bits per heavy atom. The molecular formula is C13H14FNOS. The lowest BCUT2D eigenvalue weighted by Crippen LogP contribution is -1.99. The molecule has 4 heteroatoms. The van der Waals surface area contributed by atoms with Crippen LogP contribution in [0, 0.1) is 12.7 Å². The normalized spacial score (nSPS) is 10.3. The highest BCUT2D eigenvalue weighted by atomic mass is 32.1. The lowest BCUT2D eigenvalue weighted by molar-refractivity contribution is 0.386. The first kappa shape index (κ1) is 11.9. The van der Waals surface area contributed by atoms with Gasteiger partial charge in [-0.2, -0.15) is 0 Å². The predicted octanol–water partition coefficient (Wildman–Crippen LogP) is 3.82. The van der Waals surface area contributed by atoms with Gasteiger partial charge in [-0.3, -0.25) is 0 Å². The van der Waals surface area contributed by atoms with Crippen molar-refractivity contribution >= 4 is 17.0 Å². The Labute approximate surface area is 104 Å². The summed E-state index contributed by atoms with van der Waals surface area (Å²) in [5.41, 5.74) is 2.02. The quantitative estimate of drug-likeness (QED) is 0.892. The van der Waals surface area contributed by atoms with Gasteiger partial charge in [0.05, 0.1) is 7.11 Å². The van der Waals surface area contributed by atoms with E-state index < -0.39 is 0 Å². The molecule has 1 N–H and O–H groups in total. The van der Waals surface area contributed by atoms with Crippen LogP contribution in [0.1, 0.15) is 10.4 Å². The third-order valence-electron chi connectivity index (χ3n) is 2.57. The number of ether oxygens (including phenoxy) is 1. The molecule has 0 saturated carbocycles. The molecule has 1 heterocycles. The summed E-state index contributed by atoms with van der Waals surface area (Å²) in [7, 11) is 1.46. The summed E-state index contributed by atoms with van der Waals surface area (Å²) in [6.45, 7) is 2.79. The van der Waals surface area contributed by atoms with Crippen LogP contribution in [0.25, 0.3) is 0 Å². The van der Waals surface area contributed by atoms with Gasteiger partial charge in [-0.25, -0.2) is 4.39 Å². The lowest BCUT2D eigenvalue weighted by atomic mass is 10.2. The fraction of sp³-hybridized carbons (Fsp3) is 0.231. The molecule has 0 aliphatic heterocycles. The van der Waals surface area contributed by atoms with Crippen molar-refractivity contribution in [3.05, 3.63) is 45.9 Å². The molecule has 2 aromatic rings. The fourth-order valence-corrected chi connectivity index (χ4v) is 2.39. The number of hydrogen-bond donors (Lipinski definition) is 1.